The Morgan fingerprint density at radius 3 is 2.78 bits per heavy atom. The van der Waals surface area contributed by atoms with Gasteiger partial charge in [-0.05, 0) is 55.5 Å². The topological polar surface area (TPSA) is 59.8 Å². The summed E-state index contributed by atoms with van der Waals surface area (Å²) < 4.78 is 17.0. The minimum absolute atomic E-state index is 0.130. The van der Waals surface area contributed by atoms with Gasteiger partial charge < -0.3 is 24.1 Å². The number of aromatic nitrogens is 1. The second-order valence-electron chi connectivity index (χ2n) is 6.48. The van der Waals surface area contributed by atoms with Crippen LogP contribution < -0.4 is 19.7 Å². The molecule has 0 saturated carbocycles. The maximum absolute atomic E-state index is 5.99. The van der Waals surface area contributed by atoms with Gasteiger partial charge in [-0.3, -0.25) is 4.98 Å². The first-order chi connectivity index (χ1) is 13.2. The summed E-state index contributed by atoms with van der Waals surface area (Å²) in [6, 6.07) is 15.3. The standard InChI is InChI=1S/C20H17N3O3S/c1-12-5-7-16(26-12)19-18(14-4-2-3-9-21-14)22-20(27)23(19)13-6-8-15-17(10-13)25-11-24-15/h2-10,18-19H,11H2,1H3,(H,22,27)/t18-,19-/m0/s1. The Balaban J connectivity index is 1.61. The Kier molecular flexibility index (Phi) is 3.75. The molecule has 0 spiro atoms. The Labute approximate surface area is 161 Å². The summed E-state index contributed by atoms with van der Waals surface area (Å²) in [5.41, 5.74) is 1.82. The predicted octanol–water partition coefficient (Wildman–Crippen LogP) is 3.89. The molecule has 1 N–H and O–H groups in total. The lowest BCUT2D eigenvalue weighted by Crippen LogP contribution is -2.29. The summed E-state index contributed by atoms with van der Waals surface area (Å²) >= 11 is 5.68. The van der Waals surface area contributed by atoms with Crippen molar-refractivity contribution in [3.63, 3.8) is 0 Å². The number of anilines is 1. The highest BCUT2D eigenvalue weighted by Crippen LogP contribution is 2.44. The summed E-state index contributed by atoms with van der Waals surface area (Å²) in [6.07, 6.45) is 1.79. The number of thiocarbonyl (C=S) groups is 1. The number of hydrogen-bond donors (Lipinski definition) is 1. The average Bonchev–Trinajstić information content (AvgIpc) is 3.39. The number of hydrogen-bond acceptors (Lipinski definition) is 5. The molecule has 0 bridgehead atoms. The molecule has 0 unspecified atom stereocenters. The molecular formula is C20H17N3O3S. The summed E-state index contributed by atoms with van der Waals surface area (Å²) in [6.45, 7) is 2.17. The molecule has 2 aliphatic rings. The third kappa shape index (κ3) is 2.71. The molecule has 4 heterocycles. The number of pyridine rings is 1. The number of nitrogens with zero attached hydrogens (tertiary/aromatic N) is 2. The van der Waals surface area contributed by atoms with Crippen LogP contribution in [-0.4, -0.2) is 16.9 Å². The smallest absolute Gasteiger partial charge is 0.231 e. The molecule has 2 atom stereocenters. The van der Waals surface area contributed by atoms with E-state index in [1.165, 1.54) is 0 Å². The first kappa shape index (κ1) is 16.1. The molecule has 1 saturated heterocycles. The second-order valence-corrected chi connectivity index (χ2v) is 6.87. The van der Waals surface area contributed by atoms with Gasteiger partial charge in [-0.15, -0.1) is 0 Å². The van der Waals surface area contributed by atoms with E-state index in [9.17, 15) is 0 Å². The number of benzene rings is 1. The van der Waals surface area contributed by atoms with Gasteiger partial charge >= 0.3 is 0 Å². The van der Waals surface area contributed by atoms with Crippen molar-refractivity contribution >= 4 is 23.0 Å². The van der Waals surface area contributed by atoms with Crippen LogP contribution in [0.15, 0.2) is 59.1 Å². The molecule has 2 aliphatic heterocycles. The second kappa shape index (κ2) is 6.28. The maximum Gasteiger partial charge on any atom is 0.231 e. The van der Waals surface area contributed by atoms with Crippen molar-refractivity contribution in [2.24, 2.45) is 0 Å². The molecular weight excluding hydrogens is 362 g/mol. The lowest BCUT2D eigenvalue weighted by molar-refractivity contribution is 0.174. The highest BCUT2D eigenvalue weighted by molar-refractivity contribution is 7.80. The Morgan fingerprint density at radius 1 is 1.11 bits per heavy atom. The van der Waals surface area contributed by atoms with E-state index in [2.05, 4.69) is 15.2 Å². The van der Waals surface area contributed by atoms with Crippen molar-refractivity contribution in [3.8, 4) is 11.5 Å². The minimum atomic E-state index is -0.165. The van der Waals surface area contributed by atoms with Crippen molar-refractivity contribution in [1.29, 1.82) is 0 Å². The van der Waals surface area contributed by atoms with E-state index in [4.69, 9.17) is 26.1 Å². The van der Waals surface area contributed by atoms with Crippen LogP contribution in [0.1, 0.15) is 29.3 Å². The molecule has 136 valence electrons. The van der Waals surface area contributed by atoms with E-state index in [1.54, 1.807) is 6.20 Å². The van der Waals surface area contributed by atoms with Crippen LogP contribution in [0.3, 0.4) is 0 Å². The molecule has 0 amide bonds. The van der Waals surface area contributed by atoms with E-state index >= 15 is 0 Å². The Hall–Kier alpha value is -3.06. The number of fused-ring (bicyclic) bond motifs is 1. The molecule has 5 rings (SSSR count). The number of ether oxygens (including phenoxy) is 2. The first-order valence-corrected chi connectivity index (χ1v) is 9.08. The van der Waals surface area contributed by atoms with Gasteiger partial charge in [-0.1, -0.05) is 6.07 Å². The molecule has 1 aromatic carbocycles. The zero-order valence-corrected chi connectivity index (χ0v) is 15.4. The van der Waals surface area contributed by atoms with Gasteiger partial charge in [0, 0.05) is 18.0 Å². The lowest BCUT2D eigenvalue weighted by atomic mass is 10.0. The fourth-order valence-corrected chi connectivity index (χ4v) is 3.92. The highest BCUT2D eigenvalue weighted by Gasteiger charge is 2.42. The molecule has 3 aromatic rings. The van der Waals surface area contributed by atoms with Crippen molar-refractivity contribution in [2.75, 3.05) is 11.7 Å². The minimum Gasteiger partial charge on any atom is -0.464 e. The van der Waals surface area contributed by atoms with Gasteiger partial charge in [0.2, 0.25) is 6.79 Å². The van der Waals surface area contributed by atoms with Crippen molar-refractivity contribution in [2.45, 2.75) is 19.0 Å². The molecule has 0 aliphatic carbocycles. The van der Waals surface area contributed by atoms with Crippen molar-refractivity contribution in [1.82, 2.24) is 10.3 Å². The summed E-state index contributed by atoms with van der Waals surface area (Å²) in [7, 11) is 0. The van der Waals surface area contributed by atoms with Gasteiger partial charge in [0.1, 0.15) is 17.6 Å². The normalized spacial score (nSPS) is 20.8. The molecule has 2 aromatic heterocycles. The van der Waals surface area contributed by atoms with Crippen LogP contribution in [0.4, 0.5) is 5.69 Å². The monoisotopic (exact) mass is 379 g/mol. The van der Waals surface area contributed by atoms with E-state index in [-0.39, 0.29) is 18.9 Å². The number of rotatable bonds is 3. The Morgan fingerprint density at radius 2 is 2.00 bits per heavy atom. The third-order valence-electron chi connectivity index (χ3n) is 4.79. The van der Waals surface area contributed by atoms with Gasteiger partial charge in [0.15, 0.2) is 16.6 Å². The summed E-state index contributed by atoms with van der Waals surface area (Å²) in [5, 5.41) is 4.02. The molecule has 6 nitrogen and oxygen atoms in total. The fourth-order valence-electron chi connectivity index (χ4n) is 3.57. The van der Waals surface area contributed by atoms with Crippen LogP contribution in [0, 0.1) is 6.92 Å². The van der Waals surface area contributed by atoms with Gasteiger partial charge in [0.05, 0.1) is 11.7 Å². The number of nitrogens with one attached hydrogen (secondary N) is 1. The van der Waals surface area contributed by atoms with Crippen LogP contribution >= 0.6 is 12.2 Å². The quantitative estimate of drug-likeness (QED) is 0.693. The molecule has 0 radical (unpaired) electrons. The third-order valence-corrected chi connectivity index (χ3v) is 5.10. The van der Waals surface area contributed by atoms with Crippen LogP contribution in [-0.2, 0) is 0 Å². The van der Waals surface area contributed by atoms with Crippen molar-refractivity contribution in [3.05, 3.63) is 71.9 Å². The van der Waals surface area contributed by atoms with Gasteiger partial charge in [-0.25, -0.2) is 0 Å². The lowest BCUT2D eigenvalue weighted by Gasteiger charge is -2.26. The van der Waals surface area contributed by atoms with Crippen LogP contribution in [0.25, 0.3) is 0 Å². The number of furan rings is 1. The zero-order chi connectivity index (χ0) is 18.4. The first-order valence-electron chi connectivity index (χ1n) is 8.67. The molecule has 27 heavy (non-hydrogen) atoms. The van der Waals surface area contributed by atoms with Crippen LogP contribution in [0.5, 0.6) is 11.5 Å². The SMILES string of the molecule is Cc1ccc([C@H]2[C@H](c3ccccn3)NC(=S)N2c2ccc3c(c2)OCO3)o1. The molecule has 1 fully saturated rings. The van der Waals surface area contributed by atoms with E-state index < -0.39 is 0 Å². The average molecular weight is 379 g/mol. The predicted molar refractivity (Wildman–Crippen MR) is 104 cm³/mol. The zero-order valence-electron chi connectivity index (χ0n) is 14.6. The van der Waals surface area contributed by atoms with Crippen LogP contribution in [0.2, 0.25) is 0 Å². The van der Waals surface area contributed by atoms with E-state index in [0.29, 0.717) is 10.9 Å². The largest absolute Gasteiger partial charge is 0.464 e. The van der Waals surface area contributed by atoms with E-state index in [1.807, 2.05) is 55.5 Å². The number of aryl methyl sites for hydroxylation is 1. The van der Waals surface area contributed by atoms with E-state index in [0.717, 1.165) is 28.7 Å². The fraction of sp³-hybridized carbons (Fsp3) is 0.200. The highest BCUT2D eigenvalue weighted by atomic mass is 32.1. The van der Waals surface area contributed by atoms with Gasteiger partial charge in [0.25, 0.3) is 0 Å². The summed E-state index contributed by atoms with van der Waals surface area (Å²) in [5.74, 6) is 3.14. The van der Waals surface area contributed by atoms with Crippen molar-refractivity contribution < 1.29 is 13.9 Å². The maximum atomic E-state index is 5.99. The Bertz CT molecular complexity index is 1000. The molecule has 7 heteroatoms. The van der Waals surface area contributed by atoms with Gasteiger partial charge in [-0.2, -0.15) is 0 Å². The summed E-state index contributed by atoms with van der Waals surface area (Å²) in [4.78, 5) is 6.58.